The van der Waals surface area contributed by atoms with Crippen molar-refractivity contribution in [1.82, 2.24) is 14.6 Å². The maximum atomic E-state index is 12.6. The largest absolute Gasteiger partial charge is 0.496 e. The van der Waals surface area contributed by atoms with Gasteiger partial charge in [-0.3, -0.25) is 4.79 Å². The van der Waals surface area contributed by atoms with Crippen LogP contribution in [0.2, 0.25) is 0 Å². The lowest BCUT2D eigenvalue weighted by atomic mass is 9.97. The number of Topliss-reactive ketones (excluding diaryl/α,β-unsaturated/α-hetero) is 1. The minimum atomic E-state index is 0.322. The van der Waals surface area contributed by atoms with E-state index in [1.807, 2.05) is 42.6 Å². The highest BCUT2D eigenvalue weighted by Gasteiger charge is 2.19. The summed E-state index contributed by atoms with van der Waals surface area (Å²) in [7, 11) is 3.20. The van der Waals surface area contributed by atoms with E-state index in [1.165, 1.54) is 37.0 Å². The molecule has 0 unspecified atom stereocenters. The number of imidazole rings is 1. The molecule has 0 atom stereocenters. The predicted octanol–water partition coefficient (Wildman–Crippen LogP) is 6.49. The van der Waals surface area contributed by atoms with Crippen molar-refractivity contribution in [3.05, 3.63) is 59.8 Å². The van der Waals surface area contributed by atoms with Gasteiger partial charge in [0.25, 0.3) is 5.19 Å². The molecule has 3 aromatic heterocycles. The summed E-state index contributed by atoms with van der Waals surface area (Å²) in [4.78, 5) is 17.9. The average molecular weight is 532 g/mol. The Bertz CT molecular complexity index is 1560. The second-order valence-corrected chi connectivity index (χ2v) is 10.7. The Balaban J connectivity index is 1.20. The number of furan rings is 1. The molecule has 0 spiro atoms. The normalized spacial score (nSPS) is 13.9. The average Bonchev–Trinajstić information content (AvgIpc) is 3.70. The van der Waals surface area contributed by atoms with E-state index in [4.69, 9.17) is 18.6 Å². The molecule has 1 saturated carbocycles. The first-order valence-corrected chi connectivity index (χ1v) is 13.6. The minimum absolute atomic E-state index is 0.322. The Kier molecular flexibility index (Phi) is 6.76. The van der Waals surface area contributed by atoms with Crippen LogP contribution in [0.3, 0.4) is 0 Å². The Morgan fingerprint density at radius 3 is 2.74 bits per heavy atom. The van der Waals surface area contributed by atoms with Gasteiger partial charge >= 0.3 is 0 Å². The fourth-order valence-electron chi connectivity index (χ4n) is 5.16. The van der Waals surface area contributed by atoms with Gasteiger partial charge in [0.2, 0.25) is 4.96 Å². The monoisotopic (exact) mass is 531 g/mol. The summed E-state index contributed by atoms with van der Waals surface area (Å²) in [5, 5.41) is 5.70. The number of fused-ring (bicyclic) bond motifs is 2. The number of rotatable bonds is 10. The maximum absolute atomic E-state index is 12.6. The number of ether oxygens (including phenoxy) is 3. The molecule has 9 heteroatoms. The number of aromatic nitrogens is 3. The Morgan fingerprint density at radius 1 is 1.11 bits per heavy atom. The molecule has 0 radical (unpaired) electrons. The van der Waals surface area contributed by atoms with Crippen molar-refractivity contribution in [3.63, 3.8) is 0 Å². The van der Waals surface area contributed by atoms with Crippen LogP contribution in [0.5, 0.6) is 16.7 Å². The van der Waals surface area contributed by atoms with Crippen LogP contribution in [0, 0.1) is 5.92 Å². The van der Waals surface area contributed by atoms with E-state index in [-0.39, 0.29) is 0 Å². The van der Waals surface area contributed by atoms with Crippen LogP contribution >= 0.6 is 11.3 Å². The van der Waals surface area contributed by atoms with Gasteiger partial charge in [-0.2, -0.15) is 0 Å². The summed E-state index contributed by atoms with van der Waals surface area (Å²) in [6.45, 7) is 0.358. The molecule has 6 rings (SSSR count). The molecule has 5 aromatic rings. The van der Waals surface area contributed by atoms with E-state index in [1.54, 1.807) is 18.7 Å². The molecule has 2 aromatic carbocycles. The molecule has 0 saturated heterocycles. The van der Waals surface area contributed by atoms with Crippen molar-refractivity contribution >= 4 is 33.1 Å². The van der Waals surface area contributed by atoms with Crippen molar-refractivity contribution in [2.75, 3.05) is 14.2 Å². The first-order chi connectivity index (χ1) is 18.6. The van der Waals surface area contributed by atoms with E-state index in [0.29, 0.717) is 69.8 Å². The molecule has 8 nitrogen and oxygen atoms in total. The third kappa shape index (κ3) is 5.11. The highest BCUT2D eigenvalue weighted by atomic mass is 32.1. The number of nitrogens with zero attached hydrogens (tertiary/aromatic N) is 3. The van der Waals surface area contributed by atoms with E-state index in [2.05, 4.69) is 16.1 Å². The number of carbonyl (C=O) groups is 1. The summed E-state index contributed by atoms with van der Waals surface area (Å²) in [6.07, 6.45) is 7.87. The van der Waals surface area contributed by atoms with Crippen LogP contribution in [0.1, 0.15) is 43.2 Å². The molecule has 38 heavy (non-hydrogen) atoms. The zero-order valence-corrected chi connectivity index (χ0v) is 22.3. The Morgan fingerprint density at radius 2 is 1.95 bits per heavy atom. The van der Waals surface area contributed by atoms with Crippen molar-refractivity contribution < 1.29 is 23.4 Å². The number of ketones is 1. The highest BCUT2D eigenvalue weighted by molar-refractivity contribution is 7.18. The van der Waals surface area contributed by atoms with Gasteiger partial charge in [-0.05, 0) is 34.4 Å². The third-order valence-electron chi connectivity index (χ3n) is 7.04. The van der Waals surface area contributed by atoms with Gasteiger partial charge in [0.05, 0.1) is 25.8 Å². The second kappa shape index (κ2) is 10.5. The molecule has 3 heterocycles. The summed E-state index contributed by atoms with van der Waals surface area (Å²) in [5.41, 5.74) is 3.34. The topological polar surface area (TPSA) is 88.1 Å². The number of methoxy groups -OCH3 is 2. The zero-order valence-electron chi connectivity index (χ0n) is 21.4. The standard InChI is InChI=1S/C29H29N3O5S/c1-34-22-13-25(36-17-20-9-5-8-19(10-20)12-21(33)11-18-6-3-4-7-18)23-15-27(37-26(23)14-22)24-16-32-28(30-24)38-29(31-32)35-2/h5,8-10,13-16,18H,3-4,6-7,11-12,17H2,1-2H3. The fourth-order valence-corrected chi connectivity index (χ4v) is 5.86. The van der Waals surface area contributed by atoms with E-state index in [0.717, 1.165) is 16.5 Å². The van der Waals surface area contributed by atoms with Crippen molar-refractivity contribution in [2.45, 2.75) is 45.1 Å². The predicted molar refractivity (Wildman–Crippen MR) is 145 cm³/mol. The second-order valence-electron chi connectivity index (χ2n) is 9.75. The smallest absolute Gasteiger partial charge is 0.294 e. The summed E-state index contributed by atoms with van der Waals surface area (Å²) < 4.78 is 24.7. The van der Waals surface area contributed by atoms with E-state index < -0.39 is 0 Å². The van der Waals surface area contributed by atoms with Crippen molar-refractivity contribution in [1.29, 1.82) is 0 Å². The lowest BCUT2D eigenvalue weighted by Crippen LogP contribution is -2.08. The van der Waals surface area contributed by atoms with Crippen molar-refractivity contribution in [2.24, 2.45) is 5.92 Å². The van der Waals surface area contributed by atoms with Crippen molar-refractivity contribution in [3.8, 4) is 28.1 Å². The van der Waals surface area contributed by atoms with Gasteiger partial charge in [-0.15, -0.1) is 5.10 Å². The van der Waals surface area contributed by atoms with Crippen LogP contribution in [0.25, 0.3) is 27.4 Å². The maximum Gasteiger partial charge on any atom is 0.294 e. The number of hydrogen-bond acceptors (Lipinski definition) is 8. The first-order valence-electron chi connectivity index (χ1n) is 12.8. The SMILES string of the molecule is COc1cc(OCc2cccc(CC(=O)CC3CCCC3)c2)c2cc(-c3cn4nc(OC)sc4n3)oc2c1. The molecule has 1 aliphatic carbocycles. The number of hydrogen-bond donors (Lipinski definition) is 0. The number of benzene rings is 2. The molecular weight excluding hydrogens is 502 g/mol. The Labute approximate surface area is 224 Å². The molecule has 196 valence electrons. The van der Waals surface area contributed by atoms with Gasteiger partial charge in [0.15, 0.2) is 5.76 Å². The van der Waals surface area contributed by atoms with Gasteiger partial charge in [-0.25, -0.2) is 9.50 Å². The van der Waals surface area contributed by atoms with Gasteiger partial charge in [-0.1, -0.05) is 49.9 Å². The molecule has 0 bridgehead atoms. The molecule has 0 aliphatic heterocycles. The lowest BCUT2D eigenvalue weighted by Gasteiger charge is -2.11. The van der Waals surface area contributed by atoms with Gasteiger partial charge in [0, 0.05) is 25.0 Å². The van der Waals surface area contributed by atoms with Crippen LogP contribution in [-0.4, -0.2) is 34.6 Å². The van der Waals surface area contributed by atoms with Crippen LogP contribution < -0.4 is 14.2 Å². The van der Waals surface area contributed by atoms with E-state index in [9.17, 15) is 4.79 Å². The van der Waals surface area contributed by atoms with Gasteiger partial charge in [0.1, 0.15) is 35.2 Å². The van der Waals surface area contributed by atoms with Gasteiger partial charge < -0.3 is 18.6 Å². The summed E-state index contributed by atoms with van der Waals surface area (Å²) >= 11 is 1.36. The summed E-state index contributed by atoms with van der Waals surface area (Å²) in [6, 6.07) is 13.7. The van der Waals surface area contributed by atoms with E-state index >= 15 is 0 Å². The zero-order chi connectivity index (χ0) is 26.1. The lowest BCUT2D eigenvalue weighted by molar-refractivity contribution is -0.119. The third-order valence-corrected chi connectivity index (χ3v) is 7.92. The minimum Gasteiger partial charge on any atom is -0.496 e. The molecule has 1 aliphatic rings. The van der Waals surface area contributed by atoms with Crippen LogP contribution in [0.15, 0.2) is 53.1 Å². The molecule has 0 N–H and O–H groups in total. The van der Waals surface area contributed by atoms with Crippen LogP contribution in [-0.2, 0) is 17.8 Å². The first kappa shape index (κ1) is 24.5. The Hall–Kier alpha value is -3.85. The molecule has 0 amide bonds. The van der Waals surface area contributed by atoms with Crippen LogP contribution in [0.4, 0.5) is 0 Å². The highest BCUT2D eigenvalue weighted by Crippen LogP contribution is 2.37. The number of carbonyl (C=O) groups excluding carboxylic acids is 1. The fraction of sp³-hybridized carbons (Fsp3) is 0.345. The quantitative estimate of drug-likeness (QED) is 0.203. The molecule has 1 fully saturated rings. The summed E-state index contributed by atoms with van der Waals surface area (Å²) in [5.74, 6) is 2.79. The molecular formula is C29H29N3O5S.